The number of nitrogens with one attached hydrogen (secondary N) is 1. The molecule has 0 spiro atoms. The van der Waals surface area contributed by atoms with Crippen molar-refractivity contribution in [2.45, 2.75) is 32.2 Å². The highest BCUT2D eigenvalue weighted by Crippen LogP contribution is 2.23. The minimum Gasteiger partial charge on any atom is -0.361 e. The number of benzene rings is 1. The van der Waals surface area contributed by atoms with Crippen molar-refractivity contribution in [2.75, 3.05) is 0 Å². The van der Waals surface area contributed by atoms with Gasteiger partial charge < -0.3 is 4.98 Å². The Balaban J connectivity index is 1.85. The average molecular weight is 256 g/mol. The van der Waals surface area contributed by atoms with Crippen molar-refractivity contribution in [3.63, 3.8) is 0 Å². The number of rotatable bonds is 3. The highest BCUT2D eigenvalue weighted by atomic mass is 16.2. The summed E-state index contributed by atoms with van der Waals surface area (Å²) in [5.74, 6) is -0.0883. The van der Waals surface area contributed by atoms with E-state index in [-0.39, 0.29) is 17.9 Å². The highest BCUT2D eigenvalue weighted by Gasteiger charge is 2.32. The van der Waals surface area contributed by atoms with Crippen molar-refractivity contribution in [2.24, 2.45) is 0 Å². The summed E-state index contributed by atoms with van der Waals surface area (Å²) >= 11 is 0. The number of para-hydroxylation sites is 1. The normalized spacial score (nSPS) is 17.4. The van der Waals surface area contributed by atoms with Gasteiger partial charge in [0.25, 0.3) is 0 Å². The Morgan fingerprint density at radius 2 is 1.89 bits per heavy atom. The quantitative estimate of drug-likeness (QED) is 0.856. The van der Waals surface area contributed by atoms with Gasteiger partial charge in [0.05, 0.1) is 0 Å². The summed E-state index contributed by atoms with van der Waals surface area (Å²) < 4.78 is 0. The number of H-pyrrole nitrogens is 1. The van der Waals surface area contributed by atoms with Gasteiger partial charge >= 0.3 is 0 Å². The molecular formula is C15H16N2O2. The van der Waals surface area contributed by atoms with Gasteiger partial charge in [-0.05, 0) is 25.0 Å². The van der Waals surface area contributed by atoms with Crippen LogP contribution in [0.3, 0.4) is 0 Å². The van der Waals surface area contributed by atoms with Gasteiger partial charge in [-0.1, -0.05) is 18.2 Å². The van der Waals surface area contributed by atoms with Crippen LogP contribution in [-0.2, 0) is 16.0 Å². The lowest BCUT2D eigenvalue weighted by atomic mass is 10.1. The van der Waals surface area contributed by atoms with Crippen LogP contribution in [0.15, 0.2) is 30.5 Å². The Bertz CT molecular complexity index is 628. The number of hydrogen-bond donors (Lipinski definition) is 1. The summed E-state index contributed by atoms with van der Waals surface area (Å²) in [6, 6.07) is 7.98. The van der Waals surface area contributed by atoms with E-state index in [1.165, 1.54) is 4.90 Å². The van der Waals surface area contributed by atoms with E-state index in [1.54, 1.807) is 0 Å². The molecule has 1 saturated heterocycles. The molecule has 4 heteroatoms. The van der Waals surface area contributed by atoms with E-state index in [0.717, 1.165) is 16.5 Å². The number of likely N-dealkylation sites (tertiary alicyclic amines) is 1. The molecule has 1 atom stereocenters. The van der Waals surface area contributed by atoms with Crippen LogP contribution in [0, 0.1) is 0 Å². The lowest BCUT2D eigenvalue weighted by Crippen LogP contribution is -2.38. The number of imide groups is 1. The number of fused-ring (bicyclic) bond motifs is 1. The average Bonchev–Trinajstić information content (AvgIpc) is 2.94. The summed E-state index contributed by atoms with van der Waals surface area (Å²) in [7, 11) is 0. The molecule has 1 N–H and O–H groups in total. The third kappa shape index (κ3) is 2.03. The highest BCUT2D eigenvalue weighted by molar-refractivity contribution is 6.02. The topological polar surface area (TPSA) is 53.2 Å². The maximum absolute atomic E-state index is 11.7. The first-order chi connectivity index (χ1) is 9.16. The number of carbonyl (C=O) groups excluding carboxylic acids is 2. The third-order valence-electron chi connectivity index (χ3n) is 3.72. The smallest absolute Gasteiger partial charge is 0.229 e. The summed E-state index contributed by atoms with van der Waals surface area (Å²) in [6.45, 7) is 1.93. The van der Waals surface area contributed by atoms with E-state index in [2.05, 4.69) is 11.1 Å². The van der Waals surface area contributed by atoms with E-state index >= 15 is 0 Å². The third-order valence-corrected chi connectivity index (χ3v) is 3.72. The molecule has 0 saturated carbocycles. The molecule has 19 heavy (non-hydrogen) atoms. The first-order valence-electron chi connectivity index (χ1n) is 6.56. The van der Waals surface area contributed by atoms with Crippen LogP contribution in [-0.4, -0.2) is 27.7 Å². The van der Waals surface area contributed by atoms with E-state index in [4.69, 9.17) is 0 Å². The SMILES string of the molecule is C[C@H](Cc1c[nH]c2ccccc12)N1C(=O)CCC1=O. The fraction of sp³-hybridized carbons (Fsp3) is 0.333. The standard InChI is InChI=1S/C15H16N2O2/c1-10(17-14(18)6-7-15(17)19)8-11-9-16-13-5-3-2-4-12(11)13/h2-5,9-10,16H,6-8H2,1H3/t10-/m1/s1. The van der Waals surface area contributed by atoms with Crippen LogP contribution in [0.4, 0.5) is 0 Å². The molecule has 4 nitrogen and oxygen atoms in total. The molecular weight excluding hydrogens is 240 g/mol. The van der Waals surface area contributed by atoms with Gasteiger partial charge in [0.15, 0.2) is 0 Å². The Morgan fingerprint density at radius 3 is 2.63 bits per heavy atom. The zero-order chi connectivity index (χ0) is 13.4. The molecule has 1 aliphatic rings. The molecule has 1 aromatic carbocycles. The Morgan fingerprint density at radius 1 is 1.21 bits per heavy atom. The first-order valence-corrected chi connectivity index (χ1v) is 6.56. The molecule has 2 heterocycles. The Labute approximate surface area is 111 Å². The maximum Gasteiger partial charge on any atom is 0.229 e. The molecule has 1 fully saturated rings. The number of amides is 2. The number of nitrogens with zero attached hydrogens (tertiary/aromatic N) is 1. The Kier molecular flexibility index (Phi) is 2.85. The molecule has 0 unspecified atom stereocenters. The number of aromatic amines is 1. The lowest BCUT2D eigenvalue weighted by Gasteiger charge is -2.22. The van der Waals surface area contributed by atoms with Gasteiger partial charge in [0.1, 0.15) is 0 Å². The second-order valence-corrected chi connectivity index (χ2v) is 5.07. The van der Waals surface area contributed by atoms with Crippen molar-refractivity contribution in [1.82, 2.24) is 9.88 Å². The van der Waals surface area contributed by atoms with Crippen LogP contribution in [0.25, 0.3) is 10.9 Å². The van der Waals surface area contributed by atoms with Crippen LogP contribution in [0.5, 0.6) is 0 Å². The van der Waals surface area contributed by atoms with E-state index in [1.807, 2.05) is 31.3 Å². The number of hydrogen-bond acceptors (Lipinski definition) is 2. The first kappa shape index (κ1) is 12.0. The van der Waals surface area contributed by atoms with Gasteiger partial charge in [-0.25, -0.2) is 0 Å². The number of carbonyl (C=O) groups is 2. The molecule has 2 aromatic rings. The summed E-state index contributed by atoms with van der Waals surface area (Å²) in [4.78, 5) is 28.1. The molecule has 2 amide bonds. The van der Waals surface area contributed by atoms with Crippen molar-refractivity contribution in [3.05, 3.63) is 36.0 Å². The number of aromatic nitrogens is 1. The fourth-order valence-electron chi connectivity index (χ4n) is 2.80. The van der Waals surface area contributed by atoms with Crippen LogP contribution < -0.4 is 0 Å². The lowest BCUT2D eigenvalue weighted by molar-refractivity contribution is -0.140. The van der Waals surface area contributed by atoms with Crippen molar-refractivity contribution >= 4 is 22.7 Å². The predicted octanol–water partition coefficient (Wildman–Crippen LogP) is 2.25. The van der Waals surface area contributed by atoms with Gasteiger partial charge in [0, 0.05) is 36.0 Å². The van der Waals surface area contributed by atoms with Crippen molar-refractivity contribution < 1.29 is 9.59 Å². The fourth-order valence-corrected chi connectivity index (χ4v) is 2.80. The molecule has 0 radical (unpaired) electrons. The van der Waals surface area contributed by atoms with Crippen molar-refractivity contribution in [3.8, 4) is 0 Å². The van der Waals surface area contributed by atoms with Crippen molar-refractivity contribution in [1.29, 1.82) is 0 Å². The van der Waals surface area contributed by atoms with Crippen LogP contribution >= 0.6 is 0 Å². The van der Waals surface area contributed by atoms with E-state index < -0.39 is 0 Å². The van der Waals surface area contributed by atoms with Crippen LogP contribution in [0.1, 0.15) is 25.3 Å². The Hall–Kier alpha value is -2.10. The second-order valence-electron chi connectivity index (χ2n) is 5.07. The van der Waals surface area contributed by atoms with Crippen LogP contribution in [0.2, 0.25) is 0 Å². The molecule has 0 aliphatic carbocycles. The van der Waals surface area contributed by atoms with E-state index in [0.29, 0.717) is 19.3 Å². The van der Waals surface area contributed by atoms with Gasteiger partial charge in [0.2, 0.25) is 11.8 Å². The summed E-state index contributed by atoms with van der Waals surface area (Å²) in [6.07, 6.45) is 3.38. The minimum atomic E-state index is -0.0818. The van der Waals surface area contributed by atoms with Gasteiger partial charge in [-0.15, -0.1) is 0 Å². The largest absolute Gasteiger partial charge is 0.361 e. The zero-order valence-electron chi connectivity index (χ0n) is 10.8. The van der Waals surface area contributed by atoms with Gasteiger partial charge in [-0.3, -0.25) is 14.5 Å². The molecule has 1 aromatic heterocycles. The summed E-state index contributed by atoms with van der Waals surface area (Å²) in [5, 5.41) is 1.16. The maximum atomic E-state index is 11.7. The monoisotopic (exact) mass is 256 g/mol. The van der Waals surface area contributed by atoms with E-state index in [9.17, 15) is 9.59 Å². The van der Waals surface area contributed by atoms with Gasteiger partial charge in [-0.2, -0.15) is 0 Å². The molecule has 98 valence electrons. The minimum absolute atomic E-state index is 0.0441. The predicted molar refractivity (Wildman–Crippen MR) is 72.6 cm³/mol. The zero-order valence-corrected chi connectivity index (χ0v) is 10.8. The molecule has 1 aliphatic heterocycles. The molecule has 0 bridgehead atoms. The summed E-state index contributed by atoms with van der Waals surface area (Å²) in [5.41, 5.74) is 2.24. The molecule has 3 rings (SSSR count). The second kappa shape index (κ2) is 4.53.